The van der Waals surface area contributed by atoms with Gasteiger partial charge in [0.2, 0.25) is 0 Å². The van der Waals surface area contributed by atoms with Gasteiger partial charge in [-0.15, -0.1) is 0 Å². The van der Waals surface area contributed by atoms with Crippen molar-refractivity contribution in [1.82, 2.24) is 5.48 Å². The van der Waals surface area contributed by atoms with Crippen molar-refractivity contribution in [2.75, 3.05) is 13.7 Å². The van der Waals surface area contributed by atoms with Gasteiger partial charge in [0.15, 0.2) is 0 Å². The molecule has 0 unspecified atom stereocenters. The quantitative estimate of drug-likeness (QED) is 0.472. The van der Waals surface area contributed by atoms with Gasteiger partial charge in [-0.2, -0.15) is 0 Å². The van der Waals surface area contributed by atoms with Gasteiger partial charge in [-0.3, -0.25) is 0 Å². The molecule has 0 aromatic heterocycles. The summed E-state index contributed by atoms with van der Waals surface area (Å²) in [5.74, 6) is 0. The van der Waals surface area contributed by atoms with E-state index in [1.165, 1.54) is 0 Å². The van der Waals surface area contributed by atoms with Crippen LogP contribution in [0.3, 0.4) is 0 Å². The molecule has 0 fully saturated rings. The summed E-state index contributed by atoms with van der Waals surface area (Å²) in [6, 6.07) is 0. The SMILES string of the molecule is CCNOC. The van der Waals surface area contributed by atoms with Crippen molar-refractivity contribution in [2.45, 2.75) is 6.92 Å². The fourth-order valence-corrected chi connectivity index (χ4v) is 0.144. The van der Waals surface area contributed by atoms with E-state index in [1.807, 2.05) is 6.92 Å². The number of hydrogen-bond donors (Lipinski definition) is 1. The van der Waals surface area contributed by atoms with Crippen molar-refractivity contribution in [1.29, 1.82) is 0 Å². The highest BCUT2D eigenvalue weighted by Crippen LogP contribution is 1.47. The largest absolute Gasteiger partial charge is 0.305 e. The predicted molar refractivity (Wildman–Crippen MR) is 20.7 cm³/mol. The maximum Gasteiger partial charge on any atom is 0.0572 e. The summed E-state index contributed by atoms with van der Waals surface area (Å²) < 4.78 is 0. The van der Waals surface area contributed by atoms with Crippen LogP contribution in [-0.2, 0) is 4.84 Å². The lowest BCUT2D eigenvalue weighted by Gasteiger charge is -1.88. The van der Waals surface area contributed by atoms with E-state index in [0.29, 0.717) is 0 Å². The molecule has 0 aromatic rings. The van der Waals surface area contributed by atoms with Crippen molar-refractivity contribution in [2.24, 2.45) is 0 Å². The van der Waals surface area contributed by atoms with Crippen molar-refractivity contribution in [3.8, 4) is 0 Å². The molecule has 32 valence electrons. The average molecular weight is 75.1 g/mol. The molecule has 0 aliphatic rings. The second-order valence-electron chi connectivity index (χ2n) is 0.702. The zero-order chi connectivity index (χ0) is 4.12. The molecular formula is C3H9NO. The Hall–Kier alpha value is -0.0800. The fourth-order valence-electron chi connectivity index (χ4n) is 0.144. The fraction of sp³-hybridized carbons (Fsp3) is 1.00. The van der Waals surface area contributed by atoms with Crippen LogP contribution in [0.1, 0.15) is 6.92 Å². The zero-order valence-electron chi connectivity index (χ0n) is 3.62. The molecule has 0 bridgehead atoms. The normalized spacial score (nSPS) is 8.40. The minimum Gasteiger partial charge on any atom is -0.305 e. The Bertz CT molecular complexity index is 14.4. The molecule has 2 nitrogen and oxygen atoms in total. The Balaban J connectivity index is 2.19. The highest BCUT2D eigenvalue weighted by atomic mass is 16.6. The molecule has 0 heterocycles. The number of hydroxylamine groups is 1. The number of nitrogens with one attached hydrogen (secondary N) is 1. The van der Waals surface area contributed by atoms with E-state index in [2.05, 4.69) is 10.3 Å². The molecule has 1 N–H and O–H groups in total. The topological polar surface area (TPSA) is 21.3 Å². The molecule has 0 saturated carbocycles. The second-order valence-corrected chi connectivity index (χ2v) is 0.702. The van der Waals surface area contributed by atoms with Crippen molar-refractivity contribution in [3.63, 3.8) is 0 Å². The van der Waals surface area contributed by atoms with Crippen LogP contribution in [0.5, 0.6) is 0 Å². The first-order chi connectivity index (χ1) is 2.41. The van der Waals surface area contributed by atoms with E-state index >= 15 is 0 Å². The Labute approximate surface area is 32.1 Å². The Morgan fingerprint density at radius 1 is 1.80 bits per heavy atom. The second kappa shape index (κ2) is 3.92. The third-order valence-electron chi connectivity index (χ3n) is 0.289. The van der Waals surface area contributed by atoms with E-state index in [0.717, 1.165) is 6.54 Å². The highest BCUT2D eigenvalue weighted by molar-refractivity contribution is 4.08. The van der Waals surface area contributed by atoms with Gasteiger partial charge in [0.05, 0.1) is 7.11 Å². The third kappa shape index (κ3) is 3.92. The van der Waals surface area contributed by atoms with Gasteiger partial charge in [0.1, 0.15) is 0 Å². The summed E-state index contributed by atoms with van der Waals surface area (Å²) in [6.07, 6.45) is 0. The minimum atomic E-state index is 0.872. The Morgan fingerprint density at radius 2 is 2.40 bits per heavy atom. The lowest BCUT2D eigenvalue weighted by atomic mass is 10.8. The lowest BCUT2D eigenvalue weighted by Crippen LogP contribution is -2.08. The summed E-state index contributed by atoms with van der Waals surface area (Å²) in [7, 11) is 1.60. The van der Waals surface area contributed by atoms with Crippen LogP contribution in [0.25, 0.3) is 0 Å². The molecule has 0 rings (SSSR count). The summed E-state index contributed by atoms with van der Waals surface area (Å²) in [6.45, 7) is 2.85. The van der Waals surface area contributed by atoms with Crippen LogP contribution in [0.2, 0.25) is 0 Å². The molecule has 0 aliphatic heterocycles. The zero-order valence-corrected chi connectivity index (χ0v) is 3.62. The van der Waals surface area contributed by atoms with E-state index in [1.54, 1.807) is 7.11 Å². The third-order valence-corrected chi connectivity index (χ3v) is 0.289. The number of rotatable bonds is 2. The average Bonchev–Trinajstić information content (AvgIpc) is 1.41. The molecule has 2 heteroatoms. The summed E-state index contributed by atoms with van der Waals surface area (Å²) in [5, 5.41) is 0. The number of hydrogen-bond acceptors (Lipinski definition) is 2. The molecule has 0 aromatic carbocycles. The van der Waals surface area contributed by atoms with Crippen molar-refractivity contribution >= 4 is 0 Å². The van der Waals surface area contributed by atoms with E-state index in [9.17, 15) is 0 Å². The molecule has 5 heavy (non-hydrogen) atoms. The minimum absolute atomic E-state index is 0.872. The Morgan fingerprint density at radius 3 is 2.40 bits per heavy atom. The first-order valence-corrected chi connectivity index (χ1v) is 1.67. The van der Waals surface area contributed by atoms with E-state index in [4.69, 9.17) is 0 Å². The van der Waals surface area contributed by atoms with Crippen molar-refractivity contribution in [3.05, 3.63) is 0 Å². The first kappa shape index (κ1) is 4.92. The van der Waals surface area contributed by atoms with E-state index in [-0.39, 0.29) is 0 Å². The maximum atomic E-state index is 4.44. The molecule has 0 saturated heterocycles. The van der Waals surface area contributed by atoms with Crippen molar-refractivity contribution < 1.29 is 4.84 Å². The molecule has 0 amide bonds. The lowest BCUT2D eigenvalue weighted by molar-refractivity contribution is 0.0962. The molecule has 0 spiro atoms. The standard InChI is InChI=1S/C3H9NO/c1-3-4-5-2/h4H,3H2,1-2H3. The Kier molecular flexibility index (Phi) is 3.86. The van der Waals surface area contributed by atoms with Gasteiger partial charge in [0, 0.05) is 6.54 Å². The summed E-state index contributed by atoms with van der Waals surface area (Å²) in [5.41, 5.74) is 2.61. The molecular weight excluding hydrogens is 66.0 g/mol. The van der Waals surface area contributed by atoms with Crippen LogP contribution in [0, 0.1) is 0 Å². The van der Waals surface area contributed by atoms with Crippen LogP contribution in [-0.4, -0.2) is 13.7 Å². The molecule has 0 radical (unpaired) electrons. The maximum absolute atomic E-state index is 4.44. The van der Waals surface area contributed by atoms with Gasteiger partial charge in [-0.1, -0.05) is 6.92 Å². The van der Waals surface area contributed by atoms with Crippen LogP contribution < -0.4 is 5.48 Å². The first-order valence-electron chi connectivity index (χ1n) is 1.67. The predicted octanol–water partition coefficient (Wildman–Crippen LogP) is 0.157. The van der Waals surface area contributed by atoms with Gasteiger partial charge < -0.3 is 4.84 Å². The van der Waals surface area contributed by atoms with Gasteiger partial charge in [-0.25, -0.2) is 5.48 Å². The molecule has 0 aliphatic carbocycles. The smallest absolute Gasteiger partial charge is 0.0572 e. The van der Waals surface area contributed by atoms with Crippen LogP contribution >= 0.6 is 0 Å². The summed E-state index contributed by atoms with van der Waals surface area (Å²) >= 11 is 0. The van der Waals surface area contributed by atoms with Gasteiger partial charge in [0.25, 0.3) is 0 Å². The van der Waals surface area contributed by atoms with Crippen LogP contribution in [0.15, 0.2) is 0 Å². The van der Waals surface area contributed by atoms with Gasteiger partial charge in [-0.05, 0) is 0 Å². The summed E-state index contributed by atoms with van der Waals surface area (Å²) in [4.78, 5) is 4.44. The highest BCUT2D eigenvalue weighted by Gasteiger charge is 1.61. The van der Waals surface area contributed by atoms with Gasteiger partial charge >= 0.3 is 0 Å². The monoisotopic (exact) mass is 75.1 g/mol. The van der Waals surface area contributed by atoms with Crippen LogP contribution in [0.4, 0.5) is 0 Å². The van der Waals surface area contributed by atoms with E-state index < -0.39 is 0 Å². The molecule has 0 atom stereocenters.